The quantitative estimate of drug-likeness (QED) is 0.681. The first kappa shape index (κ1) is 10.7. The lowest BCUT2D eigenvalue weighted by atomic mass is 9.95. The molecule has 1 aliphatic heterocycles. The molecule has 1 fully saturated rings. The van der Waals surface area contributed by atoms with Crippen LogP contribution in [0.4, 0.5) is 0 Å². The van der Waals surface area contributed by atoms with Gasteiger partial charge in [0, 0.05) is 5.92 Å². The molecule has 2 heteroatoms. The highest BCUT2D eigenvalue weighted by Crippen LogP contribution is 2.35. The monoisotopic (exact) mass is 184 g/mol. The van der Waals surface area contributed by atoms with Gasteiger partial charge in [0.05, 0.1) is 17.8 Å². The molecule has 1 unspecified atom stereocenters. The minimum Gasteiger partial charge on any atom is -0.393 e. The van der Waals surface area contributed by atoms with Crippen molar-refractivity contribution < 1.29 is 9.84 Å². The molecular weight excluding hydrogens is 164 g/mol. The molecule has 0 amide bonds. The highest BCUT2D eigenvalue weighted by molar-refractivity contribution is 4.99. The summed E-state index contributed by atoms with van der Waals surface area (Å²) in [7, 11) is 0. The minimum absolute atomic E-state index is 0.173. The fraction of sp³-hybridized carbons (Fsp3) is 0.818. The van der Waals surface area contributed by atoms with E-state index in [4.69, 9.17) is 4.74 Å². The Balaban J connectivity index is 2.54. The SMILES string of the molecule is C=C[C@@]1(C)CC[C@@H]([C@H](C)C(C)O)O1. The molecule has 1 heterocycles. The van der Waals surface area contributed by atoms with Gasteiger partial charge in [-0.25, -0.2) is 0 Å². The van der Waals surface area contributed by atoms with E-state index in [0.29, 0.717) is 0 Å². The summed E-state index contributed by atoms with van der Waals surface area (Å²) in [6.45, 7) is 9.66. The topological polar surface area (TPSA) is 29.5 Å². The van der Waals surface area contributed by atoms with Crippen LogP contribution < -0.4 is 0 Å². The van der Waals surface area contributed by atoms with Gasteiger partial charge in [0.1, 0.15) is 0 Å². The summed E-state index contributed by atoms with van der Waals surface area (Å²) in [5.41, 5.74) is -0.173. The van der Waals surface area contributed by atoms with Crippen molar-refractivity contribution in [3.05, 3.63) is 12.7 Å². The Labute approximate surface area is 80.6 Å². The molecule has 1 rings (SSSR count). The fourth-order valence-corrected chi connectivity index (χ4v) is 1.72. The summed E-state index contributed by atoms with van der Waals surface area (Å²) in [5, 5.41) is 9.42. The Hall–Kier alpha value is -0.340. The molecule has 2 nitrogen and oxygen atoms in total. The molecule has 76 valence electrons. The Morgan fingerprint density at radius 1 is 1.62 bits per heavy atom. The van der Waals surface area contributed by atoms with Crippen molar-refractivity contribution in [1.82, 2.24) is 0 Å². The molecule has 0 radical (unpaired) electrons. The zero-order valence-electron chi connectivity index (χ0n) is 8.79. The van der Waals surface area contributed by atoms with E-state index in [1.165, 1.54) is 0 Å². The molecule has 1 N–H and O–H groups in total. The number of aliphatic hydroxyl groups is 1. The highest BCUT2D eigenvalue weighted by Gasteiger charge is 2.37. The van der Waals surface area contributed by atoms with Crippen LogP contribution in [-0.2, 0) is 4.74 Å². The average molecular weight is 184 g/mol. The first-order valence-corrected chi connectivity index (χ1v) is 4.98. The minimum atomic E-state index is -0.294. The van der Waals surface area contributed by atoms with Crippen molar-refractivity contribution in [2.24, 2.45) is 5.92 Å². The van der Waals surface area contributed by atoms with Crippen LogP contribution in [0.1, 0.15) is 33.6 Å². The predicted octanol–water partition coefficient (Wildman–Crippen LogP) is 2.13. The molecule has 4 atom stereocenters. The third kappa shape index (κ3) is 2.32. The van der Waals surface area contributed by atoms with Crippen LogP contribution in [0.3, 0.4) is 0 Å². The van der Waals surface area contributed by atoms with Crippen molar-refractivity contribution in [3.63, 3.8) is 0 Å². The number of ether oxygens (including phenoxy) is 1. The third-order valence-corrected chi connectivity index (χ3v) is 3.13. The van der Waals surface area contributed by atoms with Gasteiger partial charge in [-0.1, -0.05) is 13.0 Å². The van der Waals surface area contributed by atoms with Gasteiger partial charge < -0.3 is 9.84 Å². The first-order chi connectivity index (χ1) is 5.98. The van der Waals surface area contributed by atoms with Gasteiger partial charge in [-0.2, -0.15) is 0 Å². The molecule has 1 saturated heterocycles. The zero-order valence-corrected chi connectivity index (χ0v) is 8.79. The number of hydrogen-bond donors (Lipinski definition) is 1. The summed E-state index contributed by atoms with van der Waals surface area (Å²) < 4.78 is 5.84. The zero-order chi connectivity index (χ0) is 10.1. The van der Waals surface area contributed by atoms with Crippen molar-refractivity contribution in [2.75, 3.05) is 0 Å². The number of aliphatic hydroxyl groups excluding tert-OH is 1. The second-order valence-electron chi connectivity index (χ2n) is 4.31. The van der Waals surface area contributed by atoms with E-state index in [1.54, 1.807) is 0 Å². The Bertz CT molecular complexity index is 189. The maximum atomic E-state index is 9.42. The first-order valence-electron chi connectivity index (χ1n) is 4.98. The summed E-state index contributed by atoms with van der Waals surface area (Å²) in [5.74, 6) is 0.210. The van der Waals surface area contributed by atoms with Crippen molar-refractivity contribution in [3.8, 4) is 0 Å². The maximum Gasteiger partial charge on any atom is 0.0836 e. The van der Waals surface area contributed by atoms with Crippen molar-refractivity contribution in [2.45, 2.75) is 51.4 Å². The van der Waals surface area contributed by atoms with Crippen molar-refractivity contribution >= 4 is 0 Å². The summed E-state index contributed by atoms with van der Waals surface area (Å²) in [4.78, 5) is 0. The lowest BCUT2D eigenvalue weighted by molar-refractivity contribution is -0.0471. The van der Waals surface area contributed by atoms with Crippen LogP contribution in [0.2, 0.25) is 0 Å². The number of rotatable bonds is 3. The smallest absolute Gasteiger partial charge is 0.0836 e. The third-order valence-electron chi connectivity index (χ3n) is 3.13. The normalized spacial score (nSPS) is 38.6. The Morgan fingerprint density at radius 3 is 2.62 bits per heavy atom. The molecule has 1 aliphatic rings. The van der Waals surface area contributed by atoms with E-state index in [2.05, 4.69) is 13.5 Å². The van der Waals surface area contributed by atoms with Gasteiger partial charge in [0.25, 0.3) is 0 Å². The highest BCUT2D eigenvalue weighted by atomic mass is 16.5. The second-order valence-corrected chi connectivity index (χ2v) is 4.31. The predicted molar refractivity (Wildman–Crippen MR) is 53.6 cm³/mol. The summed E-state index contributed by atoms with van der Waals surface area (Å²) in [6, 6.07) is 0. The van der Waals surface area contributed by atoms with Crippen LogP contribution in [0.25, 0.3) is 0 Å². The fourth-order valence-electron chi connectivity index (χ4n) is 1.72. The van der Waals surface area contributed by atoms with Gasteiger partial charge in [-0.05, 0) is 26.7 Å². The van der Waals surface area contributed by atoms with Crippen LogP contribution in [0.5, 0.6) is 0 Å². The molecule has 0 aromatic rings. The second kappa shape index (κ2) is 3.81. The average Bonchev–Trinajstić information content (AvgIpc) is 2.47. The molecule has 13 heavy (non-hydrogen) atoms. The van der Waals surface area contributed by atoms with Crippen LogP contribution in [-0.4, -0.2) is 22.9 Å². The number of hydrogen-bond acceptors (Lipinski definition) is 2. The van der Waals surface area contributed by atoms with Gasteiger partial charge in [0.15, 0.2) is 0 Å². The lowest BCUT2D eigenvalue weighted by Crippen LogP contribution is -2.30. The molecule has 0 aliphatic carbocycles. The molecule has 0 spiro atoms. The van der Waals surface area contributed by atoms with Crippen molar-refractivity contribution in [1.29, 1.82) is 0 Å². The molecule has 0 saturated carbocycles. The largest absolute Gasteiger partial charge is 0.393 e. The molecular formula is C11H20O2. The molecule has 0 bridgehead atoms. The van der Waals surface area contributed by atoms with E-state index >= 15 is 0 Å². The maximum absolute atomic E-state index is 9.42. The lowest BCUT2D eigenvalue weighted by Gasteiger charge is -2.25. The van der Waals surface area contributed by atoms with E-state index in [-0.39, 0.29) is 23.7 Å². The Morgan fingerprint density at radius 2 is 2.23 bits per heavy atom. The van der Waals surface area contributed by atoms with E-state index in [1.807, 2.05) is 19.9 Å². The molecule has 0 aromatic carbocycles. The standard InChI is InChI=1S/C11H20O2/c1-5-11(4)7-6-10(13-11)8(2)9(3)12/h5,8-10,12H,1,6-7H2,2-4H3/t8-,9?,10+,11+/m1/s1. The van der Waals surface area contributed by atoms with Gasteiger partial charge in [-0.3, -0.25) is 0 Å². The van der Waals surface area contributed by atoms with Gasteiger partial charge in [-0.15, -0.1) is 6.58 Å². The van der Waals surface area contributed by atoms with Gasteiger partial charge in [0.2, 0.25) is 0 Å². The van der Waals surface area contributed by atoms with E-state index in [0.717, 1.165) is 12.8 Å². The van der Waals surface area contributed by atoms with E-state index in [9.17, 15) is 5.11 Å². The Kier molecular flexibility index (Phi) is 3.14. The van der Waals surface area contributed by atoms with Crippen LogP contribution in [0.15, 0.2) is 12.7 Å². The van der Waals surface area contributed by atoms with Crippen LogP contribution in [0, 0.1) is 5.92 Å². The summed E-state index contributed by atoms with van der Waals surface area (Å²) >= 11 is 0. The van der Waals surface area contributed by atoms with Crippen LogP contribution >= 0.6 is 0 Å². The van der Waals surface area contributed by atoms with E-state index < -0.39 is 0 Å². The van der Waals surface area contributed by atoms with Gasteiger partial charge >= 0.3 is 0 Å². The molecule has 0 aromatic heterocycles. The summed E-state index contributed by atoms with van der Waals surface area (Å²) in [6.07, 6.45) is 3.79.